The number of esters is 2. The molecule has 86 valence electrons. The molecule has 0 radical (unpaired) electrons. The number of rotatable bonds is 3. The minimum atomic E-state index is -0.558. The van der Waals surface area contributed by atoms with Gasteiger partial charge in [-0.15, -0.1) is 0 Å². The fraction of sp³-hybridized carbons (Fsp3) is 0.273. The highest BCUT2D eigenvalue weighted by atomic mass is 16.5. The summed E-state index contributed by atoms with van der Waals surface area (Å²) in [5.41, 5.74) is 6.66. The first kappa shape index (κ1) is 12.0. The number of nitrogens with two attached hydrogens (primary N) is 1. The molecule has 0 fully saturated rings. The largest absolute Gasteiger partial charge is 0.469 e. The number of methoxy groups -OCH3 is 2. The molecule has 0 heterocycles. The number of carbonyl (C=O) groups excluding carboxylic acids is 2. The first-order chi connectivity index (χ1) is 7.60. The van der Waals surface area contributed by atoms with Gasteiger partial charge in [0.1, 0.15) is 0 Å². The molecule has 0 unspecified atom stereocenters. The van der Waals surface area contributed by atoms with E-state index >= 15 is 0 Å². The van der Waals surface area contributed by atoms with Gasteiger partial charge in [-0.25, -0.2) is 4.79 Å². The van der Waals surface area contributed by atoms with Crippen molar-refractivity contribution in [3.63, 3.8) is 0 Å². The topological polar surface area (TPSA) is 78.6 Å². The van der Waals surface area contributed by atoms with E-state index in [1.165, 1.54) is 14.2 Å². The van der Waals surface area contributed by atoms with Crippen LogP contribution in [0.15, 0.2) is 18.2 Å². The van der Waals surface area contributed by atoms with E-state index < -0.39 is 11.9 Å². The van der Waals surface area contributed by atoms with Crippen molar-refractivity contribution in [3.05, 3.63) is 29.3 Å². The maximum absolute atomic E-state index is 11.5. The lowest BCUT2D eigenvalue weighted by atomic mass is 10.0. The molecular weight excluding hydrogens is 210 g/mol. The third kappa shape index (κ3) is 2.50. The SMILES string of the molecule is COC(=O)Cc1cccc(N)c1C(=O)OC. The molecular formula is C11H13NO4. The molecule has 0 aliphatic rings. The lowest BCUT2D eigenvalue weighted by molar-refractivity contribution is -0.139. The number of hydrogen-bond acceptors (Lipinski definition) is 5. The van der Waals surface area contributed by atoms with Crippen LogP contribution in [0.25, 0.3) is 0 Å². The summed E-state index contributed by atoms with van der Waals surface area (Å²) in [6.07, 6.45) is -0.00796. The fourth-order valence-electron chi connectivity index (χ4n) is 1.35. The molecule has 1 aromatic carbocycles. The first-order valence-electron chi connectivity index (χ1n) is 4.62. The standard InChI is InChI=1S/C11H13NO4/c1-15-9(13)6-7-4-3-5-8(12)10(7)11(14)16-2/h3-5H,6,12H2,1-2H3. The van der Waals surface area contributed by atoms with Gasteiger partial charge < -0.3 is 15.2 Å². The van der Waals surface area contributed by atoms with E-state index in [0.717, 1.165) is 0 Å². The summed E-state index contributed by atoms with van der Waals surface area (Å²) in [5, 5.41) is 0. The van der Waals surface area contributed by atoms with Crippen LogP contribution in [0.3, 0.4) is 0 Å². The Morgan fingerprint density at radius 3 is 2.50 bits per heavy atom. The molecule has 5 nitrogen and oxygen atoms in total. The smallest absolute Gasteiger partial charge is 0.340 e. The van der Waals surface area contributed by atoms with Gasteiger partial charge in [-0.1, -0.05) is 12.1 Å². The summed E-state index contributed by atoms with van der Waals surface area (Å²) in [4.78, 5) is 22.6. The van der Waals surface area contributed by atoms with E-state index in [-0.39, 0.29) is 17.7 Å². The molecule has 0 bridgehead atoms. The van der Waals surface area contributed by atoms with Crippen molar-refractivity contribution in [1.82, 2.24) is 0 Å². The van der Waals surface area contributed by atoms with Crippen LogP contribution in [0, 0.1) is 0 Å². The van der Waals surface area contributed by atoms with Crippen LogP contribution in [-0.2, 0) is 20.7 Å². The summed E-state index contributed by atoms with van der Waals surface area (Å²) in [6.45, 7) is 0. The maximum Gasteiger partial charge on any atom is 0.340 e. The van der Waals surface area contributed by atoms with E-state index in [9.17, 15) is 9.59 Å². The van der Waals surface area contributed by atoms with Crippen molar-refractivity contribution in [2.45, 2.75) is 6.42 Å². The van der Waals surface area contributed by atoms with Gasteiger partial charge in [0, 0.05) is 5.69 Å². The van der Waals surface area contributed by atoms with Gasteiger partial charge in [-0.3, -0.25) is 4.79 Å². The van der Waals surface area contributed by atoms with Crippen LogP contribution in [0.1, 0.15) is 15.9 Å². The zero-order valence-electron chi connectivity index (χ0n) is 9.15. The van der Waals surface area contributed by atoms with Gasteiger partial charge in [0.05, 0.1) is 26.2 Å². The predicted molar refractivity (Wildman–Crippen MR) is 57.9 cm³/mol. The van der Waals surface area contributed by atoms with Crippen LogP contribution >= 0.6 is 0 Å². The van der Waals surface area contributed by atoms with Gasteiger partial charge in [0.15, 0.2) is 0 Å². The van der Waals surface area contributed by atoms with E-state index in [4.69, 9.17) is 5.73 Å². The Bertz CT molecular complexity index is 414. The van der Waals surface area contributed by atoms with E-state index in [2.05, 4.69) is 9.47 Å². The predicted octanol–water partition coefficient (Wildman–Crippen LogP) is 0.771. The molecule has 0 spiro atoms. The summed E-state index contributed by atoms with van der Waals surface area (Å²) < 4.78 is 9.13. The van der Waals surface area contributed by atoms with Gasteiger partial charge in [-0.2, -0.15) is 0 Å². The van der Waals surface area contributed by atoms with Crippen molar-refractivity contribution >= 4 is 17.6 Å². The summed E-state index contributed by atoms with van der Waals surface area (Å²) in [5.74, 6) is -0.993. The van der Waals surface area contributed by atoms with Gasteiger partial charge in [-0.05, 0) is 11.6 Å². The Labute approximate surface area is 93.1 Å². The Hall–Kier alpha value is -2.04. The van der Waals surface area contributed by atoms with Crippen molar-refractivity contribution < 1.29 is 19.1 Å². The molecule has 0 saturated carbocycles. The molecule has 16 heavy (non-hydrogen) atoms. The van der Waals surface area contributed by atoms with Crippen molar-refractivity contribution in [3.8, 4) is 0 Å². The first-order valence-corrected chi connectivity index (χ1v) is 4.62. The molecule has 0 saturated heterocycles. The minimum absolute atomic E-state index is 0.00796. The monoisotopic (exact) mass is 223 g/mol. The highest BCUT2D eigenvalue weighted by molar-refractivity contribution is 5.97. The van der Waals surface area contributed by atoms with E-state index in [1.807, 2.05) is 0 Å². The van der Waals surface area contributed by atoms with Gasteiger partial charge in [0.25, 0.3) is 0 Å². The molecule has 2 N–H and O–H groups in total. The summed E-state index contributed by atoms with van der Waals surface area (Å²) in [6, 6.07) is 4.88. The van der Waals surface area contributed by atoms with E-state index in [0.29, 0.717) is 5.56 Å². The number of ether oxygens (including phenoxy) is 2. The normalized spacial score (nSPS) is 9.62. The van der Waals surface area contributed by atoms with Crippen LogP contribution in [0.2, 0.25) is 0 Å². The molecule has 0 amide bonds. The van der Waals surface area contributed by atoms with Crippen LogP contribution < -0.4 is 5.73 Å². The zero-order chi connectivity index (χ0) is 12.1. The van der Waals surface area contributed by atoms with Gasteiger partial charge >= 0.3 is 11.9 Å². The third-order valence-electron chi connectivity index (χ3n) is 2.13. The number of hydrogen-bond donors (Lipinski definition) is 1. The maximum atomic E-state index is 11.5. The number of carbonyl (C=O) groups is 2. The second kappa shape index (κ2) is 5.16. The lowest BCUT2D eigenvalue weighted by Gasteiger charge is -2.09. The number of benzene rings is 1. The minimum Gasteiger partial charge on any atom is -0.469 e. The Balaban J connectivity index is 3.12. The Morgan fingerprint density at radius 1 is 1.25 bits per heavy atom. The average molecular weight is 223 g/mol. The van der Waals surface area contributed by atoms with Gasteiger partial charge in [0.2, 0.25) is 0 Å². The highest BCUT2D eigenvalue weighted by Gasteiger charge is 2.17. The van der Waals surface area contributed by atoms with E-state index in [1.54, 1.807) is 18.2 Å². The van der Waals surface area contributed by atoms with Crippen LogP contribution in [0.4, 0.5) is 5.69 Å². The molecule has 0 aliphatic carbocycles. The quantitative estimate of drug-likeness (QED) is 0.604. The molecule has 0 atom stereocenters. The average Bonchev–Trinajstić information content (AvgIpc) is 2.28. The second-order valence-electron chi connectivity index (χ2n) is 3.13. The molecule has 1 aromatic rings. The number of nitrogen functional groups attached to an aromatic ring is 1. The van der Waals surface area contributed by atoms with Crippen molar-refractivity contribution in [2.24, 2.45) is 0 Å². The molecule has 1 rings (SSSR count). The fourth-order valence-corrected chi connectivity index (χ4v) is 1.35. The Kier molecular flexibility index (Phi) is 3.88. The molecule has 0 aliphatic heterocycles. The van der Waals surface area contributed by atoms with Crippen LogP contribution in [0.5, 0.6) is 0 Å². The third-order valence-corrected chi connectivity index (χ3v) is 2.13. The molecule has 0 aromatic heterocycles. The lowest BCUT2D eigenvalue weighted by Crippen LogP contribution is -2.13. The van der Waals surface area contributed by atoms with Crippen molar-refractivity contribution in [1.29, 1.82) is 0 Å². The number of anilines is 1. The summed E-state index contributed by atoms with van der Waals surface area (Å²) >= 11 is 0. The zero-order valence-corrected chi connectivity index (χ0v) is 9.15. The summed E-state index contributed by atoms with van der Waals surface area (Å²) in [7, 11) is 2.54. The van der Waals surface area contributed by atoms with Crippen LogP contribution in [-0.4, -0.2) is 26.2 Å². The van der Waals surface area contributed by atoms with Crippen molar-refractivity contribution in [2.75, 3.05) is 20.0 Å². The highest BCUT2D eigenvalue weighted by Crippen LogP contribution is 2.18. The molecule has 5 heteroatoms. The Morgan fingerprint density at radius 2 is 1.94 bits per heavy atom. The second-order valence-corrected chi connectivity index (χ2v) is 3.13.